The third-order valence-corrected chi connectivity index (χ3v) is 7.18. The van der Waals surface area contributed by atoms with Gasteiger partial charge in [0.2, 0.25) is 6.79 Å². The Bertz CT molecular complexity index is 1480. The first-order valence-corrected chi connectivity index (χ1v) is 11.2. The van der Waals surface area contributed by atoms with Crippen molar-refractivity contribution in [2.24, 2.45) is 0 Å². The van der Waals surface area contributed by atoms with E-state index in [1.807, 2.05) is 0 Å². The molecule has 1 N–H and O–H groups in total. The molecular weight excluding hydrogens is 475 g/mol. The van der Waals surface area contributed by atoms with Gasteiger partial charge in [-0.1, -0.05) is 36.4 Å². The van der Waals surface area contributed by atoms with E-state index in [0.717, 1.165) is 12.1 Å². The molecule has 0 saturated carbocycles. The number of hydrogen-bond acceptors (Lipinski definition) is 5. The molecule has 2 aliphatic heterocycles. The minimum atomic E-state index is -4.94. The van der Waals surface area contributed by atoms with Crippen LogP contribution in [0.4, 0.5) is 18.9 Å². The molecule has 0 fully saturated rings. The van der Waals surface area contributed by atoms with Crippen molar-refractivity contribution in [2.45, 2.75) is 11.1 Å². The van der Waals surface area contributed by atoms with Crippen LogP contribution in [0.2, 0.25) is 0 Å². The van der Waals surface area contributed by atoms with E-state index in [0.29, 0.717) is 17.6 Å². The molecule has 34 heavy (non-hydrogen) atoms. The summed E-state index contributed by atoms with van der Waals surface area (Å²) in [5.41, 5.74) is -2.75. The Morgan fingerprint density at radius 1 is 0.941 bits per heavy atom. The van der Waals surface area contributed by atoms with E-state index in [2.05, 4.69) is 0 Å². The zero-order valence-corrected chi connectivity index (χ0v) is 17.9. The lowest BCUT2D eigenvalue weighted by Gasteiger charge is -2.33. The van der Waals surface area contributed by atoms with Crippen LogP contribution in [0, 0.1) is 0 Å². The third kappa shape index (κ3) is 3.27. The van der Waals surface area contributed by atoms with Crippen LogP contribution in [0.15, 0.2) is 77.3 Å². The SMILES string of the molecule is O=C(O)C1=C(c2ccc3c(c2)OCO3)c2ccccc2S(=O)(=O)N1c1ccccc1C(F)(F)F. The second-order valence-electron chi connectivity index (χ2n) is 7.38. The highest BCUT2D eigenvalue weighted by Crippen LogP contribution is 2.47. The summed E-state index contributed by atoms with van der Waals surface area (Å²) < 4.78 is 79.5. The number of hydrogen-bond donors (Lipinski definition) is 1. The summed E-state index contributed by atoms with van der Waals surface area (Å²) in [6, 6.07) is 14.0. The van der Waals surface area contributed by atoms with Crippen molar-refractivity contribution in [1.82, 2.24) is 0 Å². The number of ether oxygens (including phenoxy) is 2. The number of aliphatic carboxylic acids is 1. The Morgan fingerprint density at radius 3 is 2.35 bits per heavy atom. The van der Waals surface area contributed by atoms with Gasteiger partial charge in [-0.05, 0) is 35.9 Å². The van der Waals surface area contributed by atoms with E-state index in [-0.39, 0.29) is 32.7 Å². The largest absolute Gasteiger partial charge is 0.477 e. The fourth-order valence-electron chi connectivity index (χ4n) is 4.02. The Morgan fingerprint density at radius 2 is 1.62 bits per heavy atom. The van der Waals surface area contributed by atoms with Gasteiger partial charge in [0.1, 0.15) is 0 Å². The van der Waals surface area contributed by atoms with E-state index >= 15 is 0 Å². The normalized spacial score (nSPS) is 16.4. The van der Waals surface area contributed by atoms with Crippen LogP contribution in [-0.4, -0.2) is 26.3 Å². The van der Waals surface area contributed by atoms with Gasteiger partial charge in [0.05, 0.1) is 16.1 Å². The Kier molecular flexibility index (Phi) is 4.83. The molecule has 0 saturated heterocycles. The van der Waals surface area contributed by atoms with Crippen LogP contribution >= 0.6 is 0 Å². The second-order valence-corrected chi connectivity index (χ2v) is 9.13. The monoisotopic (exact) mass is 489 g/mol. The molecule has 0 amide bonds. The lowest BCUT2D eigenvalue weighted by molar-refractivity contribution is -0.137. The molecule has 0 unspecified atom stereocenters. The van der Waals surface area contributed by atoms with Gasteiger partial charge in [0.15, 0.2) is 17.2 Å². The summed E-state index contributed by atoms with van der Waals surface area (Å²) >= 11 is 0. The highest BCUT2D eigenvalue weighted by atomic mass is 32.2. The number of halogens is 3. The first kappa shape index (κ1) is 21.8. The summed E-state index contributed by atoms with van der Waals surface area (Å²) in [4.78, 5) is 12.2. The van der Waals surface area contributed by atoms with Gasteiger partial charge in [0.25, 0.3) is 10.0 Å². The minimum Gasteiger partial charge on any atom is -0.477 e. The molecule has 0 aromatic heterocycles. The zero-order valence-electron chi connectivity index (χ0n) is 17.0. The highest BCUT2D eigenvalue weighted by Gasteiger charge is 2.45. The molecule has 2 heterocycles. The van der Waals surface area contributed by atoms with Crippen LogP contribution < -0.4 is 13.8 Å². The zero-order chi connectivity index (χ0) is 24.3. The van der Waals surface area contributed by atoms with Crippen molar-refractivity contribution >= 4 is 27.3 Å². The Balaban J connectivity index is 1.90. The average Bonchev–Trinajstić information content (AvgIpc) is 3.26. The van der Waals surface area contributed by atoms with E-state index in [1.165, 1.54) is 48.5 Å². The van der Waals surface area contributed by atoms with Gasteiger partial charge in [-0.15, -0.1) is 0 Å². The van der Waals surface area contributed by atoms with Crippen molar-refractivity contribution in [2.75, 3.05) is 11.1 Å². The quantitative estimate of drug-likeness (QED) is 0.583. The highest BCUT2D eigenvalue weighted by molar-refractivity contribution is 7.93. The van der Waals surface area contributed by atoms with Crippen LogP contribution in [0.25, 0.3) is 5.57 Å². The molecule has 3 aromatic rings. The van der Waals surface area contributed by atoms with Crippen molar-refractivity contribution in [3.8, 4) is 11.5 Å². The fourth-order valence-corrected chi connectivity index (χ4v) is 5.75. The topological polar surface area (TPSA) is 93.1 Å². The minimum absolute atomic E-state index is 0.0412. The number of nitrogens with zero attached hydrogens (tertiary/aromatic N) is 1. The molecular formula is C23H14F3NO6S. The van der Waals surface area contributed by atoms with Crippen molar-refractivity contribution < 1.29 is 41.0 Å². The summed E-state index contributed by atoms with van der Waals surface area (Å²) in [5.74, 6) is -1.03. The fraction of sp³-hybridized carbons (Fsp3) is 0.0870. The van der Waals surface area contributed by atoms with Crippen LogP contribution in [-0.2, 0) is 21.0 Å². The van der Waals surface area contributed by atoms with Crippen LogP contribution in [0.1, 0.15) is 16.7 Å². The third-order valence-electron chi connectivity index (χ3n) is 5.41. The van der Waals surface area contributed by atoms with E-state index in [1.54, 1.807) is 0 Å². The summed E-state index contributed by atoms with van der Waals surface area (Å²) in [5, 5.41) is 10.1. The van der Waals surface area contributed by atoms with Crippen molar-refractivity contribution in [3.05, 3.63) is 89.1 Å². The molecule has 0 aliphatic carbocycles. The second kappa shape index (κ2) is 7.52. The number of benzene rings is 3. The van der Waals surface area contributed by atoms with Gasteiger partial charge in [-0.25, -0.2) is 17.5 Å². The molecule has 0 bridgehead atoms. The number of rotatable bonds is 3. The number of carboxylic acids is 1. The van der Waals surface area contributed by atoms with Gasteiger partial charge >= 0.3 is 12.1 Å². The number of alkyl halides is 3. The standard InChI is InChI=1S/C23H14F3NO6S/c24-23(25,26)15-6-2-3-7-16(15)27-21(22(28)29)20(13-9-10-17-18(11-13)33-12-32-17)14-5-1-4-8-19(14)34(27,30)31/h1-11H,12H2,(H,28,29). The molecule has 0 spiro atoms. The summed E-state index contributed by atoms with van der Waals surface area (Å²) in [6.07, 6.45) is -4.94. The number of carbonyl (C=O) groups is 1. The predicted octanol–water partition coefficient (Wildman–Crippen LogP) is 4.49. The first-order valence-electron chi connectivity index (χ1n) is 9.79. The Labute approximate surface area is 191 Å². The maximum Gasteiger partial charge on any atom is 0.418 e. The van der Waals surface area contributed by atoms with Gasteiger partial charge in [0, 0.05) is 11.1 Å². The van der Waals surface area contributed by atoms with Crippen molar-refractivity contribution in [1.29, 1.82) is 0 Å². The van der Waals surface area contributed by atoms with Gasteiger partial charge in [-0.2, -0.15) is 13.2 Å². The molecule has 174 valence electrons. The predicted molar refractivity (Wildman–Crippen MR) is 114 cm³/mol. The molecule has 0 radical (unpaired) electrons. The maximum atomic E-state index is 13.8. The molecule has 2 aliphatic rings. The number of sulfonamides is 1. The average molecular weight is 489 g/mol. The number of para-hydroxylation sites is 1. The first-order chi connectivity index (χ1) is 16.1. The molecule has 7 nitrogen and oxygen atoms in total. The van der Waals surface area contributed by atoms with Crippen LogP contribution in [0.3, 0.4) is 0 Å². The number of fused-ring (bicyclic) bond motifs is 2. The van der Waals surface area contributed by atoms with Crippen LogP contribution in [0.5, 0.6) is 11.5 Å². The molecule has 11 heteroatoms. The lowest BCUT2D eigenvalue weighted by atomic mass is 9.94. The lowest BCUT2D eigenvalue weighted by Crippen LogP contribution is -2.39. The summed E-state index contributed by atoms with van der Waals surface area (Å²) in [7, 11) is -4.73. The Hall–Kier alpha value is -3.99. The van der Waals surface area contributed by atoms with E-state index in [9.17, 15) is 31.5 Å². The van der Waals surface area contributed by atoms with E-state index in [4.69, 9.17) is 9.47 Å². The number of anilines is 1. The molecule has 5 rings (SSSR count). The van der Waals surface area contributed by atoms with Gasteiger partial charge in [-0.3, -0.25) is 0 Å². The van der Waals surface area contributed by atoms with Gasteiger partial charge < -0.3 is 14.6 Å². The maximum absolute atomic E-state index is 13.8. The molecule has 0 atom stereocenters. The molecule has 3 aromatic carbocycles. The smallest absolute Gasteiger partial charge is 0.418 e. The van der Waals surface area contributed by atoms with E-state index < -0.39 is 39.1 Å². The summed E-state index contributed by atoms with van der Waals surface area (Å²) in [6.45, 7) is -0.0559. The number of carboxylic acid groups (broad SMARTS) is 1. The van der Waals surface area contributed by atoms with Crippen molar-refractivity contribution in [3.63, 3.8) is 0 Å².